The van der Waals surface area contributed by atoms with Crippen molar-refractivity contribution in [3.05, 3.63) is 11.1 Å². The lowest BCUT2D eigenvalue weighted by Gasteiger charge is -2.15. The van der Waals surface area contributed by atoms with Gasteiger partial charge in [0.25, 0.3) is 0 Å². The first-order chi connectivity index (χ1) is 11.0. The first kappa shape index (κ1) is 16.3. The lowest BCUT2D eigenvalue weighted by atomic mass is 10.5. The predicted molar refractivity (Wildman–Crippen MR) is 92.1 cm³/mol. The molecule has 1 fully saturated rings. The third-order valence-electron chi connectivity index (χ3n) is 3.03. The first-order valence-electron chi connectivity index (χ1n) is 7.01. The Morgan fingerprint density at radius 3 is 2.83 bits per heavy atom. The van der Waals surface area contributed by atoms with E-state index in [0.717, 1.165) is 22.9 Å². The first-order valence-corrected chi connectivity index (χ1v) is 9.69. The molecule has 0 aliphatic heterocycles. The fourth-order valence-electron chi connectivity index (χ4n) is 1.96. The Morgan fingerprint density at radius 2 is 2.17 bits per heavy atom. The highest BCUT2D eigenvalue weighted by Gasteiger charge is 2.34. The van der Waals surface area contributed by atoms with E-state index in [4.69, 9.17) is 0 Å². The van der Waals surface area contributed by atoms with Gasteiger partial charge in [-0.05, 0) is 12.8 Å². The molecule has 7 nitrogen and oxygen atoms in total. The molecule has 0 atom stereocenters. The minimum Gasteiger partial charge on any atom is -0.302 e. The van der Waals surface area contributed by atoms with Gasteiger partial charge in [-0.1, -0.05) is 23.1 Å². The van der Waals surface area contributed by atoms with Crippen LogP contribution in [0.15, 0.2) is 9.72 Å². The number of thiazole rings is 1. The molecule has 2 aromatic heterocycles. The van der Waals surface area contributed by atoms with E-state index < -0.39 is 0 Å². The highest BCUT2D eigenvalue weighted by Crippen LogP contribution is 2.36. The van der Waals surface area contributed by atoms with Crippen molar-refractivity contribution in [1.29, 1.82) is 0 Å². The number of anilines is 2. The number of amides is 2. The van der Waals surface area contributed by atoms with Crippen LogP contribution in [0.3, 0.4) is 0 Å². The van der Waals surface area contributed by atoms with Gasteiger partial charge in [0.1, 0.15) is 0 Å². The van der Waals surface area contributed by atoms with Crippen LogP contribution in [0, 0.1) is 0 Å². The van der Waals surface area contributed by atoms with Crippen LogP contribution in [0.25, 0.3) is 0 Å². The molecule has 2 amide bonds. The second-order valence-corrected chi connectivity index (χ2v) is 8.12. The van der Waals surface area contributed by atoms with Crippen LogP contribution < -0.4 is 10.2 Å². The number of carbonyl (C=O) groups is 2. The van der Waals surface area contributed by atoms with E-state index in [-0.39, 0.29) is 17.9 Å². The summed E-state index contributed by atoms with van der Waals surface area (Å²) < 4.78 is 0.806. The van der Waals surface area contributed by atoms with E-state index in [1.807, 2.05) is 5.38 Å². The number of hydrogen-bond donors (Lipinski definition) is 1. The summed E-state index contributed by atoms with van der Waals surface area (Å²) in [5.74, 6) is 0.533. The highest BCUT2D eigenvalue weighted by molar-refractivity contribution is 8.00. The van der Waals surface area contributed by atoms with E-state index in [9.17, 15) is 9.59 Å². The zero-order chi connectivity index (χ0) is 16.4. The van der Waals surface area contributed by atoms with Gasteiger partial charge in [0.15, 0.2) is 9.47 Å². The molecule has 122 valence electrons. The second kappa shape index (κ2) is 6.93. The molecule has 2 aromatic rings. The Labute approximate surface area is 145 Å². The molecule has 1 saturated carbocycles. The third-order valence-corrected chi connectivity index (χ3v) is 5.93. The molecule has 1 N–H and O–H groups in total. The summed E-state index contributed by atoms with van der Waals surface area (Å²) in [5, 5.41) is 14.1. The lowest BCUT2D eigenvalue weighted by molar-refractivity contribution is -0.116. The Hall–Kier alpha value is -1.52. The van der Waals surface area contributed by atoms with Gasteiger partial charge >= 0.3 is 0 Å². The summed E-state index contributed by atoms with van der Waals surface area (Å²) >= 11 is 4.35. The normalized spacial score (nSPS) is 13.8. The molecule has 1 aliphatic carbocycles. The SMILES string of the molecule is CC(=O)Nc1nc(CSc2nnc(N(C(C)=O)C3CC3)s2)cs1. The number of nitrogens with zero attached hydrogens (tertiary/aromatic N) is 4. The lowest BCUT2D eigenvalue weighted by Crippen LogP contribution is -2.30. The van der Waals surface area contributed by atoms with Gasteiger partial charge in [-0.25, -0.2) is 4.98 Å². The number of hydrogen-bond acceptors (Lipinski definition) is 8. The topological polar surface area (TPSA) is 88.1 Å². The van der Waals surface area contributed by atoms with Crippen LogP contribution in [0.5, 0.6) is 0 Å². The van der Waals surface area contributed by atoms with Crippen LogP contribution in [0.2, 0.25) is 0 Å². The van der Waals surface area contributed by atoms with Crippen LogP contribution in [0.4, 0.5) is 10.3 Å². The third kappa shape index (κ3) is 4.27. The van der Waals surface area contributed by atoms with E-state index >= 15 is 0 Å². The van der Waals surface area contributed by atoms with E-state index in [2.05, 4.69) is 20.5 Å². The maximum atomic E-state index is 11.7. The molecule has 0 aromatic carbocycles. The zero-order valence-corrected chi connectivity index (χ0v) is 15.1. The van der Waals surface area contributed by atoms with Gasteiger partial charge in [-0.2, -0.15) is 0 Å². The van der Waals surface area contributed by atoms with Gasteiger partial charge in [0.2, 0.25) is 16.9 Å². The van der Waals surface area contributed by atoms with Gasteiger partial charge in [-0.3, -0.25) is 14.5 Å². The zero-order valence-electron chi connectivity index (χ0n) is 12.6. The molecule has 23 heavy (non-hydrogen) atoms. The van der Waals surface area contributed by atoms with Crippen molar-refractivity contribution in [2.24, 2.45) is 0 Å². The molecule has 0 unspecified atom stereocenters. The van der Waals surface area contributed by atoms with Crippen molar-refractivity contribution < 1.29 is 9.59 Å². The predicted octanol–water partition coefficient (Wildman–Crippen LogP) is 2.76. The van der Waals surface area contributed by atoms with Crippen LogP contribution in [0.1, 0.15) is 32.4 Å². The van der Waals surface area contributed by atoms with Gasteiger partial charge < -0.3 is 5.32 Å². The molecule has 1 aliphatic rings. The minimum absolute atomic E-state index is 0.0136. The smallest absolute Gasteiger partial charge is 0.225 e. The standard InChI is InChI=1S/C13H15N5O2S3/c1-7(19)14-11-15-9(5-21-11)6-22-13-17-16-12(23-13)18(8(2)20)10-3-4-10/h5,10H,3-4,6H2,1-2H3,(H,14,15,19). The summed E-state index contributed by atoms with van der Waals surface area (Å²) in [6.45, 7) is 3.02. The van der Waals surface area contributed by atoms with Crippen LogP contribution in [-0.2, 0) is 15.3 Å². The number of thioether (sulfide) groups is 1. The summed E-state index contributed by atoms with van der Waals surface area (Å²) in [6.07, 6.45) is 2.07. The molecule has 0 radical (unpaired) electrons. The Balaban J connectivity index is 1.59. The van der Waals surface area contributed by atoms with Crippen molar-refractivity contribution in [2.75, 3.05) is 10.2 Å². The van der Waals surface area contributed by atoms with Crippen molar-refractivity contribution in [3.63, 3.8) is 0 Å². The minimum atomic E-state index is -0.128. The van der Waals surface area contributed by atoms with Gasteiger partial charge in [0.05, 0.1) is 5.69 Å². The van der Waals surface area contributed by atoms with Crippen molar-refractivity contribution >= 4 is 56.5 Å². The highest BCUT2D eigenvalue weighted by atomic mass is 32.2. The fraction of sp³-hybridized carbons (Fsp3) is 0.462. The van der Waals surface area contributed by atoms with Crippen molar-refractivity contribution in [3.8, 4) is 0 Å². The Kier molecular flexibility index (Phi) is 4.93. The van der Waals surface area contributed by atoms with E-state index in [1.54, 1.807) is 11.8 Å². The Morgan fingerprint density at radius 1 is 1.39 bits per heavy atom. The van der Waals surface area contributed by atoms with Crippen LogP contribution >= 0.6 is 34.4 Å². The number of carbonyl (C=O) groups excluding carboxylic acids is 2. The number of rotatable bonds is 6. The molecule has 0 bridgehead atoms. The molecular weight excluding hydrogens is 354 g/mol. The van der Waals surface area contributed by atoms with Crippen LogP contribution in [-0.4, -0.2) is 33.0 Å². The molecule has 0 saturated heterocycles. The van der Waals surface area contributed by atoms with Crippen molar-refractivity contribution in [1.82, 2.24) is 15.2 Å². The largest absolute Gasteiger partial charge is 0.302 e. The van der Waals surface area contributed by atoms with E-state index in [1.165, 1.54) is 41.4 Å². The maximum Gasteiger partial charge on any atom is 0.225 e. The quantitative estimate of drug-likeness (QED) is 0.622. The fourth-order valence-corrected chi connectivity index (χ4v) is 4.67. The number of aromatic nitrogens is 3. The van der Waals surface area contributed by atoms with Gasteiger partial charge in [-0.15, -0.1) is 21.5 Å². The molecule has 3 rings (SSSR count). The van der Waals surface area contributed by atoms with Crippen molar-refractivity contribution in [2.45, 2.75) is 42.8 Å². The average Bonchev–Trinajstić information content (AvgIpc) is 3.02. The molecule has 0 spiro atoms. The second-order valence-electron chi connectivity index (χ2n) is 5.08. The monoisotopic (exact) mass is 369 g/mol. The summed E-state index contributed by atoms with van der Waals surface area (Å²) in [5.41, 5.74) is 0.881. The molecule has 10 heteroatoms. The number of nitrogens with one attached hydrogen (secondary N) is 1. The van der Waals surface area contributed by atoms with E-state index in [0.29, 0.717) is 16.0 Å². The summed E-state index contributed by atoms with van der Waals surface area (Å²) in [6, 6.07) is 0.289. The maximum absolute atomic E-state index is 11.7. The summed E-state index contributed by atoms with van der Waals surface area (Å²) in [7, 11) is 0. The molecule has 2 heterocycles. The van der Waals surface area contributed by atoms with Gasteiger partial charge in [0, 0.05) is 31.0 Å². The molecular formula is C13H15N5O2S3. The Bertz CT molecular complexity index is 725. The summed E-state index contributed by atoms with van der Waals surface area (Å²) in [4.78, 5) is 28.8. The average molecular weight is 369 g/mol.